The Morgan fingerprint density at radius 2 is 1.94 bits per heavy atom. The second kappa shape index (κ2) is 5.99. The minimum atomic E-state index is -3.77. The van der Waals surface area contributed by atoms with Crippen LogP contribution in [0, 0.1) is 0 Å². The van der Waals surface area contributed by atoms with Crippen molar-refractivity contribution in [2.45, 2.75) is 11.0 Å². The van der Waals surface area contributed by atoms with E-state index in [1.54, 1.807) is 0 Å². The van der Waals surface area contributed by atoms with Crippen LogP contribution in [0.1, 0.15) is 0 Å². The number of hydrogen-bond donors (Lipinski definition) is 3. The van der Waals surface area contributed by atoms with E-state index in [4.69, 9.17) is 33.4 Å². The van der Waals surface area contributed by atoms with Gasteiger partial charge in [0.2, 0.25) is 10.0 Å². The third kappa shape index (κ3) is 4.09. The van der Waals surface area contributed by atoms with Gasteiger partial charge in [-0.3, -0.25) is 0 Å². The van der Waals surface area contributed by atoms with Gasteiger partial charge in [-0.2, -0.15) is 0 Å². The van der Waals surface area contributed by atoms with Gasteiger partial charge in [-0.25, -0.2) is 13.1 Å². The molecule has 1 unspecified atom stereocenters. The van der Waals surface area contributed by atoms with Crippen molar-refractivity contribution < 1.29 is 18.6 Å². The molecule has 96 valence electrons. The van der Waals surface area contributed by atoms with E-state index < -0.39 is 22.7 Å². The molecule has 0 spiro atoms. The van der Waals surface area contributed by atoms with Crippen LogP contribution in [0.2, 0.25) is 10.0 Å². The normalized spacial score (nSPS) is 13.6. The molecule has 0 heterocycles. The summed E-state index contributed by atoms with van der Waals surface area (Å²) in [6.45, 7) is -0.803. The van der Waals surface area contributed by atoms with Gasteiger partial charge in [0.05, 0.1) is 27.7 Å². The molecule has 1 atom stereocenters. The van der Waals surface area contributed by atoms with Gasteiger partial charge in [0.25, 0.3) is 0 Å². The summed E-state index contributed by atoms with van der Waals surface area (Å²) in [6.07, 6.45) is -1.15. The third-order valence-corrected chi connectivity index (χ3v) is 4.08. The summed E-state index contributed by atoms with van der Waals surface area (Å²) in [6, 6.07) is 3.86. The average Bonchev–Trinajstić information content (AvgIpc) is 2.29. The number of hydrogen-bond acceptors (Lipinski definition) is 4. The molecule has 0 aliphatic rings. The van der Waals surface area contributed by atoms with E-state index in [1.165, 1.54) is 18.2 Å². The lowest BCUT2D eigenvalue weighted by molar-refractivity contribution is 0.0988. The zero-order valence-corrected chi connectivity index (χ0v) is 10.9. The number of aliphatic hydroxyl groups is 2. The summed E-state index contributed by atoms with van der Waals surface area (Å²) in [5, 5.41) is 18.0. The Labute approximate surface area is 109 Å². The van der Waals surface area contributed by atoms with Crippen molar-refractivity contribution in [3.05, 3.63) is 28.2 Å². The van der Waals surface area contributed by atoms with Crippen LogP contribution in [-0.2, 0) is 10.0 Å². The van der Waals surface area contributed by atoms with Crippen LogP contribution in [0.3, 0.4) is 0 Å². The molecule has 0 bridgehead atoms. The maximum absolute atomic E-state index is 11.7. The Morgan fingerprint density at radius 1 is 1.29 bits per heavy atom. The summed E-state index contributed by atoms with van der Waals surface area (Å²) in [4.78, 5) is -0.0583. The molecule has 0 aliphatic carbocycles. The Bertz CT molecular complexity index is 492. The second-order valence-electron chi connectivity index (χ2n) is 3.26. The smallest absolute Gasteiger partial charge is 0.240 e. The molecular weight excluding hydrogens is 289 g/mol. The van der Waals surface area contributed by atoms with Gasteiger partial charge >= 0.3 is 0 Å². The molecule has 0 aliphatic heterocycles. The summed E-state index contributed by atoms with van der Waals surface area (Å²) >= 11 is 11.4. The molecule has 1 rings (SSSR count). The highest BCUT2D eigenvalue weighted by Crippen LogP contribution is 2.24. The van der Waals surface area contributed by atoms with Gasteiger partial charge in [-0.1, -0.05) is 23.2 Å². The fraction of sp³-hybridized carbons (Fsp3) is 0.333. The summed E-state index contributed by atoms with van der Waals surface area (Å²) in [5.41, 5.74) is 0. The van der Waals surface area contributed by atoms with Crippen molar-refractivity contribution in [2.75, 3.05) is 13.2 Å². The van der Waals surface area contributed by atoms with E-state index in [2.05, 4.69) is 4.72 Å². The first kappa shape index (κ1) is 14.7. The lowest BCUT2D eigenvalue weighted by Crippen LogP contribution is -2.33. The molecule has 17 heavy (non-hydrogen) atoms. The van der Waals surface area contributed by atoms with Gasteiger partial charge in [0.15, 0.2) is 0 Å². The highest BCUT2D eigenvalue weighted by atomic mass is 35.5. The maximum Gasteiger partial charge on any atom is 0.240 e. The Hall–Kier alpha value is -0.370. The molecule has 0 saturated carbocycles. The van der Waals surface area contributed by atoms with Crippen molar-refractivity contribution in [2.24, 2.45) is 0 Å². The van der Waals surface area contributed by atoms with Crippen molar-refractivity contribution in [1.82, 2.24) is 4.72 Å². The highest BCUT2D eigenvalue weighted by molar-refractivity contribution is 7.89. The van der Waals surface area contributed by atoms with Gasteiger partial charge in [0.1, 0.15) is 0 Å². The Kier molecular flexibility index (Phi) is 5.18. The third-order valence-electron chi connectivity index (χ3n) is 1.92. The quantitative estimate of drug-likeness (QED) is 0.744. The molecule has 1 aromatic carbocycles. The topological polar surface area (TPSA) is 86.6 Å². The van der Waals surface area contributed by atoms with Crippen molar-refractivity contribution in [3.63, 3.8) is 0 Å². The molecule has 0 aromatic heterocycles. The van der Waals surface area contributed by atoms with Gasteiger partial charge in [-0.05, 0) is 18.2 Å². The number of aliphatic hydroxyl groups excluding tert-OH is 2. The second-order valence-corrected chi connectivity index (χ2v) is 5.85. The summed E-state index contributed by atoms with van der Waals surface area (Å²) in [7, 11) is -3.77. The first-order chi connectivity index (χ1) is 7.86. The van der Waals surface area contributed by atoms with Crippen molar-refractivity contribution in [3.8, 4) is 0 Å². The van der Waals surface area contributed by atoms with Crippen LogP contribution >= 0.6 is 23.2 Å². The van der Waals surface area contributed by atoms with Crippen LogP contribution in [0.25, 0.3) is 0 Å². The van der Waals surface area contributed by atoms with Gasteiger partial charge in [-0.15, -0.1) is 0 Å². The molecule has 0 saturated heterocycles. The first-order valence-electron chi connectivity index (χ1n) is 4.60. The number of nitrogens with one attached hydrogen (secondary N) is 1. The molecule has 3 N–H and O–H groups in total. The zero-order chi connectivity index (χ0) is 13.1. The van der Waals surface area contributed by atoms with Crippen LogP contribution in [0.15, 0.2) is 23.1 Å². The van der Waals surface area contributed by atoms with Gasteiger partial charge < -0.3 is 10.2 Å². The number of halogens is 2. The van der Waals surface area contributed by atoms with Crippen LogP contribution < -0.4 is 4.72 Å². The molecular formula is C9H11Cl2NO4S. The predicted molar refractivity (Wildman–Crippen MR) is 64.7 cm³/mol. The summed E-state index contributed by atoms with van der Waals surface area (Å²) < 4.78 is 25.6. The molecule has 0 fully saturated rings. The fourth-order valence-electron chi connectivity index (χ4n) is 0.998. The monoisotopic (exact) mass is 299 g/mol. The largest absolute Gasteiger partial charge is 0.394 e. The van der Waals surface area contributed by atoms with Crippen molar-refractivity contribution in [1.29, 1.82) is 0 Å². The predicted octanol–water partition coefficient (Wildman–Crippen LogP) is 0.625. The highest BCUT2D eigenvalue weighted by Gasteiger charge is 2.16. The molecule has 0 radical (unpaired) electrons. The molecule has 0 amide bonds. The summed E-state index contributed by atoms with van der Waals surface area (Å²) in [5.74, 6) is 0. The molecule has 1 aromatic rings. The zero-order valence-electron chi connectivity index (χ0n) is 8.60. The van der Waals surface area contributed by atoms with Crippen LogP contribution in [-0.4, -0.2) is 37.9 Å². The standard InChI is InChI=1S/C9H11Cl2NO4S/c10-8-2-1-7(3-9(8)11)17(15,16)12-4-6(14)5-13/h1-3,6,12-14H,4-5H2. The fourth-order valence-corrected chi connectivity index (χ4v) is 2.46. The van der Waals surface area contributed by atoms with Crippen molar-refractivity contribution >= 4 is 33.2 Å². The van der Waals surface area contributed by atoms with Gasteiger partial charge in [0, 0.05) is 6.54 Å². The SMILES string of the molecule is O=S(=O)(NCC(O)CO)c1ccc(Cl)c(Cl)c1. The van der Waals surface area contributed by atoms with Crippen LogP contribution in [0.5, 0.6) is 0 Å². The van der Waals surface area contributed by atoms with Crippen LogP contribution in [0.4, 0.5) is 0 Å². The number of rotatable bonds is 5. The lowest BCUT2D eigenvalue weighted by Gasteiger charge is -2.10. The maximum atomic E-state index is 11.7. The number of sulfonamides is 1. The van der Waals surface area contributed by atoms with E-state index in [0.717, 1.165) is 0 Å². The number of benzene rings is 1. The minimum absolute atomic E-state index is 0.0583. The van der Waals surface area contributed by atoms with E-state index in [1.807, 2.05) is 0 Å². The van der Waals surface area contributed by atoms with E-state index >= 15 is 0 Å². The Balaban J connectivity index is 2.86. The minimum Gasteiger partial charge on any atom is -0.394 e. The molecule has 5 nitrogen and oxygen atoms in total. The van der Waals surface area contributed by atoms with E-state index in [-0.39, 0.29) is 21.5 Å². The average molecular weight is 300 g/mol. The molecule has 8 heteroatoms. The first-order valence-corrected chi connectivity index (χ1v) is 6.84. The lowest BCUT2D eigenvalue weighted by atomic mass is 10.4. The van der Waals surface area contributed by atoms with E-state index in [0.29, 0.717) is 0 Å². The van der Waals surface area contributed by atoms with E-state index in [9.17, 15) is 8.42 Å². The Morgan fingerprint density at radius 3 is 2.47 bits per heavy atom.